The molecule has 1 aliphatic heterocycles. The Labute approximate surface area is 142 Å². The SMILES string of the molecule is Cc1nccc(N2CCN(C(=O)Cc3c(C)nn(C)c3C)CC2)n1. The summed E-state index contributed by atoms with van der Waals surface area (Å²) < 4.78 is 1.84. The zero-order chi connectivity index (χ0) is 17.3. The highest BCUT2D eigenvalue weighted by Crippen LogP contribution is 2.16. The van der Waals surface area contributed by atoms with Gasteiger partial charge in [-0.2, -0.15) is 5.10 Å². The van der Waals surface area contributed by atoms with Crippen LogP contribution in [0.5, 0.6) is 0 Å². The van der Waals surface area contributed by atoms with Gasteiger partial charge < -0.3 is 9.80 Å². The third-order valence-electron chi connectivity index (χ3n) is 4.70. The van der Waals surface area contributed by atoms with E-state index in [-0.39, 0.29) is 5.91 Å². The Balaban J connectivity index is 1.61. The summed E-state index contributed by atoms with van der Waals surface area (Å²) in [6.45, 7) is 8.91. The van der Waals surface area contributed by atoms with Gasteiger partial charge in [0.05, 0.1) is 12.1 Å². The zero-order valence-electron chi connectivity index (χ0n) is 14.8. The lowest BCUT2D eigenvalue weighted by Crippen LogP contribution is -2.49. The van der Waals surface area contributed by atoms with Crippen molar-refractivity contribution in [3.05, 3.63) is 35.0 Å². The summed E-state index contributed by atoms with van der Waals surface area (Å²) in [5.74, 6) is 1.88. The van der Waals surface area contributed by atoms with Crippen LogP contribution in [-0.4, -0.2) is 56.7 Å². The van der Waals surface area contributed by atoms with Gasteiger partial charge in [-0.1, -0.05) is 0 Å². The van der Waals surface area contributed by atoms with E-state index in [1.807, 2.05) is 43.5 Å². The molecule has 3 rings (SSSR count). The number of anilines is 1. The highest BCUT2D eigenvalue weighted by atomic mass is 16.2. The molecule has 24 heavy (non-hydrogen) atoms. The molecule has 7 heteroatoms. The summed E-state index contributed by atoms with van der Waals surface area (Å²) in [5.41, 5.74) is 3.06. The Hall–Kier alpha value is -2.44. The smallest absolute Gasteiger partial charge is 0.227 e. The summed E-state index contributed by atoms with van der Waals surface area (Å²) in [7, 11) is 1.92. The number of carbonyl (C=O) groups excluding carboxylic acids is 1. The Morgan fingerprint density at radius 3 is 2.46 bits per heavy atom. The lowest BCUT2D eigenvalue weighted by Gasteiger charge is -2.35. The van der Waals surface area contributed by atoms with E-state index >= 15 is 0 Å². The number of rotatable bonds is 3. The maximum Gasteiger partial charge on any atom is 0.227 e. The van der Waals surface area contributed by atoms with Gasteiger partial charge in [-0.15, -0.1) is 0 Å². The van der Waals surface area contributed by atoms with Crippen molar-refractivity contribution in [2.75, 3.05) is 31.1 Å². The van der Waals surface area contributed by atoms with Crippen LogP contribution in [0.15, 0.2) is 12.3 Å². The molecule has 2 aromatic rings. The maximum atomic E-state index is 12.6. The van der Waals surface area contributed by atoms with Crippen LogP contribution in [0.3, 0.4) is 0 Å². The lowest BCUT2D eigenvalue weighted by atomic mass is 10.1. The van der Waals surface area contributed by atoms with Crippen LogP contribution >= 0.6 is 0 Å². The summed E-state index contributed by atoms with van der Waals surface area (Å²) in [6.07, 6.45) is 2.21. The number of hydrogen-bond donors (Lipinski definition) is 0. The molecule has 0 spiro atoms. The van der Waals surface area contributed by atoms with Gasteiger partial charge in [-0.25, -0.2) is 9.97 Å². The summed E-state index contributed by atoms with van der Waals surface area (Å²) in [6, 6.07) is 1.92. The topological polar surface area (TPSA) is 67.2 Å². The molecule has 0 aromatic carbocycles. The van der Waals surface area contributed by atoms with Crippen LogP contribution in [0.4, 0.5) is 5.82 Å². The van der Waals surface area contributed by atoms with Crippen molar-refractivity contribution >= 4 is 11.7 Å². The monoisotopic (exact) mass is 328 g/mol. The van der Waals surface area contributed by atoms with Crippen LogP contribution in [0.25, 0.3) is 0 Å². The first-order valence-electron chi connectivity index (χ1n) is 8.27. The van der Waals surface area contributed by atoms with Crippen LogP contribution in [0.1, 0.15) is 22.8 Å². The average molecular weight is 328 g/mol. The molecule has 3 heterocycles. The number of hydrogen-bond acceptors (Lipinski definition) is 5. The molecule has 0 N–H and O–H groups in total. The van der Waals surface area contributed by atoms with E-state index in [2.05, 4.69) is 20.0 Å². The first-order chi connectivity index (χ1) is 11.5. The van der Waals surface area contributed by atoms with Gasteiger partial charge in [-0.3, -0.25) is 9.48 Å². The van der Waals surface area contributed by atoms with Crippen LogP contribution in [-0.2, 0) is 18.3 Å². The number of piperazine rings is 1. The van der Waals surface area contributed by atoms with Crippen LogP contribution in [0, 0.1) is 20.8 Å². The molecule has 1 amide bonds. The van der Waals surface area contributed by atoms with E-state index < -0.39 is 0 Å². The summed E-state index contributed by atoms with van der Waals surface area (Å²) in [4.78, 5) is 25.4. The molecule has 1 aliphatic rings. The van der Waals surface area contributed by atoms with Crippen molar-refractivity contribution in [2.45, 2.75) is 27.2 Å². The van der Waals surface area contributed by atoms with E-state index in [1.165, 1.54) is 0 Å². The minimum absolute atomic E-state index is 0.174. The lowest BCUT2D eigenvalue weighted by molar-refractivity contribution is -0.130. The van der Waals surface area contributed by atoms with Gasteiger partial charge in [0, 0.05) is 50.7 Å². The summed E-state index contributed by atoms with van der Waals surface area (Å²) >= 11 is 0. The molecule has 0 bridgehead atoms. The second-order valence-corrected chi connectivity index (χ2v) is 6.28. The second-order valence-electron chi connectivity index (χ2n) is 6.28. The Morgan fingerprint density at radius 2 is 1.88 bits per heavy atom. The van der Waals surface area contributed by atoms with Crippen molar-refractivity contribution in [1.82, 2.24) is 24.6 Å². The second kappa shape index (κ2) is 6.59. The Morgan fingerprint density at radius 1 is 1.17 bits per heavy atom. The molecule has 0 atom stereocenters. The van der Waals surface area contributed by atoms with Crippen molar-refractivity contribution in [3.63, 3.8) is 0 Å². The van der Waals surface area contributed by atoms with Gasteiger partial charge in [0.15, 0.2) is 0 Å². The largest absolute Gasteiger partial charge is 0.353 e. The zero-order valence-corrected chi connectivity index (χ0v) is 14.8. The van der Waals surface area contributed by atoms with Crippen molar-refractivity contribution in [3.8, 4) is 0 Å². The molecule has 128 valence electrons. The fraction of sp³-hybridized carbons (Fsp3) is 0.529. The van der Waals surface area contributed by atoms with E-state index in [0.29, 0.717) is 6.42 Å². The number of aromatic nitrogens is 4. The fourth-order valence-corrected chi connectivity index (χ4v) is 3.14. The van der Waals surface area contributed by atoms with Crippen LogP contribution < -0.4 is 4.90 Å². The maximum absolute atomic E-state index is 12.6. The normalized spacial score (nSPS) is 15.0. The van der Waals surface area contributed by atoms with E-state index in [1.54, 1.807) is 6.20 Å². The molecular weight excluding hydrogens is 304 g/mol. The molecule has 2 aromatic heterocycles. The van der Waals surface area contributed by atoms with Gasteiger partial charge >= 0.3 is 0 Å². The van der Waals surface area contributed by atoms with Crippen LogP contribution in [0.2, 0.25) is 0 Å². The van der Waals surface area contributed by atoms with E-state index in [4.69, 9.17) is 0 Å². The molecule has 0 radical (unpaired) electrons. The van der Waals surface area contributed by atoms with Gasteiger partial charge in [0.25, 0.3) is 0 Å². The first kappa shape index (κ1) is 16.4. The molecular formula is C17H24N6O. The van der Waals surface area contributed by atoms with E-state index in [9.17, 15) is 4.79 Å². The third-order valence-corrected chi connectivity index (χ3v) is 4.70. The average Bonchev–Trinajstić information content (AvgIpc) is 2.81. The molecule has 1 fully saturated rings. The number of carbonyl (C=O) groups is 1. The predicted molar refractivity (Wildman–Crippen MR) is 91.9 cm³/mol. The Kier molecular flexibility index (Phi) is 4.51. The first-order valence-corrected chi connectivity index (χ1v) is 8.27. The molecule has 1 saturated heterocycles. The standard InChI is InChI=1S/C17H24N6O/c1-12-15(13(2)21(4)20-12)11-17(24)23-9-7-22(8-10-23)16-5-6-18-14(3)19-16/h5-6H,7-11H2,1-4H3. The minimum Gasteiger partial charge on any atom is -0.353 e. The highest BCUT2D eigenvalue weighted by Gasteiger charge is 2.23. The number of aryl methyl sites for hydroxylation is 3. The number of amides is 1. The van der Waals surface area contributed by atoms with Crippen molar-refractivity contribution in [2.24, 2.45) is 7.05 Å². The van der Waals surface area contributed by atoms with Gasteiger partial charge in [0.2, 0.25) is 5.91 Å². The quantitative estimate of drug-likeness (QED) is 0.842. The summed E-state index contributed by atoms with van der Waals surface area (Å²) in [5, 5.41) is 4.39. The van der Waals surface area contributed by atoms with Crippen molar-refractivity contribution < 1.29 is 4.79 Å². The minimum atomic E-state index is 0.174. The van der Waals surface area contributed by atoms with Gasteiger partial charge in [-0.05, 0) is 26.8 Å². The molecule has 0 unspecified atom stereocenters. The molecule has 0 saturated carbocycles. The van der Waals surface area contributed by atoms with Gasteiger partial charge in [0.1, 0.15) is 11.6 Å². The number of nitrogens with zero attached hydrogens (tertiary/aromatic N) is 6. The predicted octanol–water partition coefficient (Wildman–Crippen LogP) is 1.03. The van der Waals surface area contributed by atoms with E-state index in [0.717, 1.165) is 54.8 Å². The third kappa shape index (κ3) is 3.25. The fourth-order valence-electron chi connectivity index (χ4n) is 3.14. The molecule has 7 nitrogen and oxygen atoms in total. The highest BCUT2D eigenvalue weighted by molar-refractivity contribution is 5.79. The van der Waals surface area contributed by atoms with Crippen molar-refractivity contribution in [1.29, 1.82) is 0 Å². The molecule has 0 aliphatic carbocycles. The Bertz CT molecular complexity index is 746.